The number of thiazole rings is 1. The van der Waals surface area contributed by atoms with Crippen molar-refractivity contribution in [3.05, 3.63) is 11.1 Å². The number of nitrogens with one attached hydrogen (secondary N) is 3. The average Bonchev–Trinajstić information content (AvgIpc) is 2.82. The first-order valence-corrected chi connectivity index (χ1v) is 7.29. The number of hydrogen-bond acceptors (Lipinski definition) is 4. The van der Waals surface area contributed by atoms with Gasteiger partial charge in [-0.05, 0) is 26.3 Å². The van der Waals surface area contributed by atoms with Gasteiger partial charge >= 0.3 is 6.03 Å². The van der Waals surface area contributed by atoms with Gasteiger partial charge in [-0.15, -0.1) is 11.3 Å². The molecule has 1 aromatic heterocycles. The normalized spacial score (nSPS) is 12.2. The highest BCUT2D eigenvalue weighted by molar-refractivity contribution is 7.13. The third-order valence-electron chi connectivity index (χ3n) is 2.42. The van der Waals surface area contributed by atoms with Crippen molar-refractivity contribution in [2.24, 2.45) is 0 Å². The average molecular weight is 270 g/mol. The summed E-state index contributed by atoms with van der Waals surface area (Å²) in [6, 6.07) is 0.0300. The molecule has 1 aromatic rings. The molecule has 5 nitrogen and oxygen atoms in total. The molecule has 1 rings (SSSR count). The number of nitrogens with zero attached hydrogens (tertiary/aromatic N) is 1. The van der Waals surface area contributed by atoms with Crippen molar-refractivity contribution in [2.75, 3.05) is 18.4 Å². The van der Waals surface area contributed by atoms with Crippen molar-refractivity contribution < 1.29 is 4.79 Å². The number of carbonyl (C=O) groups is 1. The maximum Gasteiger partial charge on any atom is 0.321 e. The Morgan fingerprint density at radius 1 is 1.39 bits per heavy atom. The van der Waals surface area contributed by atoms with Crippen molar-refractivity contribution >= 4 is 22.5 Å². The molecule has 1 atom stereocenters. The van der Waals surface area contributed by atoms with Crippen LogP contribution in [0.25, 0.3) is 0 Å². The molecular formula is C12H22N4OS. The number of aromatic nitrogens is 1. The molecule has 6 heteroatoms. The Morgan fingerprint density at radius 3 is 2.78 bits per heavy atom. The molecule has 0 fully saturated rings. The first-order chi connectivity index (χ1) is 8.67. The van der Waals surface area contributed by atoms with Gasteiger partial charge in [0.05, 0.1) is 5.69 Å². The second-order valence-electron chi connectivity index (χ2n) is 4.13. The van der Waals surface area contributed by atoms with E-state index in [-0.39, 0.29) is 12.1 Å². The van der Waals surface area contributed by atoms with Gasteiger partial charge in [0.25, 0.3) is 0 Å². The van der Waals surface area contributed by atoms with Crippen LogP contribution in [0.2, 0.25) is 0 Å². The van der Waals surface area contributed by atoms with Crippen molar-refractivity contribution in [3.8, 4) is 0 Å². The zero-order chi connectivity index (χ0) is 13.4. The minimum Gasteiger partial charge on any atom is -0.338 e. The van der Waals surface area contributed by atoms with Gasteiger partial charge in [0.15, 0.2) is 5.13 Å². The molecule has 0 aliphatic rings. The fraction of sp³-hybridized carbons (Fsp3) is 0.667. The van der Waals surface area contributed by atoms with E-state index in [1.54, 1.807) is 0 Å². The van der Waals surface area contributed by atoms with Crippen LogP contribution in [0.5, 0.6) is 0 Å². The molecule has 0 bridgehead atoms. The predicted octanol–water partition coefficient (Wildman–Crippen LogP) is 2.74. The lowest BCUT2D eigenvalue weighted by Gasteiger charge is -2.09. The van der Waals surface area contributed by atoms with Crippen LogP contribution >= 0.6 is 11.3 Å². The second kappa shape index (κ2) is 8.05. The smallest absolute Gasteiger partial charge is 0.321 e. The molecule has 0 aromatic carbocycles. The van der Waals surface area contributed by atoms with Crippen LogP contribution < -0.4 is 16.0 Å². The lowest BCUT2D eigenvalue weighted by molar-refractivity contribution is 0.252. The Morgan fingerprint density at radius 2 is 2.11 bits per heavy atom. The summed E-state index contributed by atoms with van der Waals surface area (Å²) in [4.78, 5) is 15.8. The lowest BCUT2D eigenvalue weighted by Crippen LogP contribution is -2.29. The van der Waals surface area contributed by atoms with Crippen molar-refractivity contribution in [1.29, 1.82) is 0 Å². The molecule has 1 unspecified atom stereocenters. The van der Waals surface area contributed by atoms with Gasteiger partial charge in [0, 0.05) is 18.0 Å². The summed E-state index contributed by atoms with van der Waals surface area (Å²) in [7, 11) is 0. The van der Waals surface area contributed by atoms with Crippen LogP contribution in [-0.4, -0.2) is 24.1 Å². The van der Waals surface area contributed by atoms with E-state index in [9.17, 15) is 4.79 Å². The molecule has 0 saturated heterocycles. The topological polar surface area (TPSA) is 66.0 Å². The Labute approximate surface area is 112 Å². The Balaban J connectivity index is 2.44. The second-order valence-corrected chi connectivity index (χ2v) is 4.99. The highest BCUT2D eigenvalue weighted by atomic mass is 32.1. The van der Waals surface area contributed by atoms with Gasteiger partial charge in [0.2, 0.25) is 0 Å². The SMILES string of the molecule is CCCNC(=O)Nc1nc(C(C)NCCC)cs1. The first kappa shape index (κ1) is 14.9. The summed E-state index contributed by atoms with van der Waals surface area (Å²) in [6.45, 7) is 7.87. The molecule has 0 aliphatic carbocycles. The maximum atomic E-state index is 11.5. The van der Waals surface area contributed by atoms with E-state index in [0.717, 1.165) is 25.1 Å². The minimum absolute atomic E-state index is 0.188. The summed E-state index contributed by atoms with van der Waals surface area (Å²) >= 11 is 1.45. The number of urea groups is 1. The van der Waals surface area contributed by atoms with Crippen molar-refractivity contribution in [2.45, 2.75) is 39.7 Å². The molecule has 0 aliphatic heterocycles. The van der Waals surface area contributed by atoms with Gasteiger partial charge in [-0.1, -0.05) is 13.8 Å². The quantitative estimate of drug-likeness (QED) is 0.713. The molecular weight excluding hydrogens is 248 g/mol. The van der Waals surface area contributed by atoms with Crippen molar-refractivity contribution in [3.63, 3.8) is 0 Å². The van der Waals surface area contributed by atoms with Gasteiger partial charge < -0.3 is 10.6 Å². The third kappa shape index (κ3) is 5.01. The van der Waals surface area contributed by atoms with Crippen molar-refractivity contribution in [1.82, 2.24) is 15.6 Å². The van der Waals surface area contributed by atoms with E-state index >= 15 is 0 Å². The molecule has 0 spiro atoms. The molecule has 0 radical (unpaired) electrons. The van der Waals surface area contributed by atoms with Gasteiger partial charge in [-0.3, -0.25) is 5.32 Å². The number of carbonyl (C=O) groups excluding carboxylic acids is 1. The molecule has 2 amide bonds. The van der Waals surface area contributed by atoms with Crippen LogP contribution in [-0.2, 0) is 0 Å². The van der Waals surface area contributed by atoms with Crippen LogP contribution in [0.4, 0.5) is 9.93 Å². The summed E-state index contributed by atoms with van der Waals surface area (Å²) in [6.07, 6.45) is 2.02. The molecule has 102 valence electrons. The summed E-state index contributed by atoms with van der Waals surface area (Å²) in [5.41, 5.74) is 0.972. The standard InChI is InChI=1S/C12H22N4OS/c1-4-6-13-9(3)10-8-18-12(15-10)16-11(17)14-7-5-2/h8-9,13H,4-7H2,1-3H3,(H2,14,15,16,17). The number of hydrogen-bond donors (Lipinski definition) is 3. The van der Waals surface area contributed by atoms with Gasteiger partial charge in [-0.25, -0.2) is 9.78 Å². The van der Waals surface area contributed by atoms with Crippen LogP contribution in [0, 0.1) is 0 Å². The van der Waals surface area contributed by atoms with Crippen LogP contribution in [0.3, 0.4) is 0 Å². The van der Waals surface area contributed by atoms with Crippen LogP contribution in [0.15, 0.2) is 5.38 Å². The maximum absolute atomic E-state index is 11.5. The zero-order valence-corrected chi connectivity index (χ0v) is 12.1. The number of anilines is 1. The third-order valence-corrected chi connectivity index (χ3v) is 3.20. The Bertz CT molecular complexity index is 367. The number of rotatable bonds is 7. The highest BCUT2D eigenvalue weighted by Crippen LogP contribution is 2.20. The fourth-order valence-corrected chi connectivity index (χ4v) is 2.19. The summed E-state index contributed by atoms with van der Waals surface area (Å²) < 4.78 is 0. The van der Waals surface area contributed by atoms with Gasteiger partial charge in [0.1, 0.15) is 0 Å². The van der Waals surface area contributed by atoms with Gasteiger partial charge in [-0.2, -0.15) is 0 Å². The lowest BCUT2D eigenvalue weighted by atomic mass is 10.2. The predicted molar refractivity (Wildman–Crippen MR) is 76.1 cm³/mol. The Kier molecular flexibility index (Phi) is 6.67. The van der Waals surface area contributed by atoms with E-state index in [1.807, 2.05) is 12.3 Å². The first-order valence-electron chi connectivity index (χ1n) is 6.41. The van der Waals surface area contributed by atoms with E-state index in [1.165, 1.54) is 11.3 Å². The minimum atomic E-state index is -0.188. The monoisotopic (exact) mass is 270 g/mol. The molecule has 1 heterocycles. The fourth-order valence-electron chi connectivity index (χ4n) is 1.39. The van der Waals surface area contributed by atoms with E-state index in [4.69, 9.17) is 0 Å². The molecule has 0 saturated carbocycles. The van der Waals surface area contributed by atoms with E-state index in [2.05, 4.69) is 34.8 Å². The highest BCUT2D eigenvalue weighted by Gasteiger charge is 2.10. The summed E-state index contributed by atoms with van der Waals surface area (Å²) in [5.74, 6) is 0. The largest absolute Gasteiger partial charge is 0.338 e. The summed E-state index contributed by atoms with van der Waals surface area (Å²) in [5, 5.41) is 11.5. The zero-order valence-electron chi connectivity index (χ0n) is 11.2. The molecule has 18 heavy (non-hydrogen) atoms. The number of amides is 2. The Hall–Kier alpha value is -1.14. The van der Waals surface area contributed by atoms with E-state index in [0.29, 0.717) is 11.7 Å². The molecule has 3 N–H and O–H groups in total. The van der Waals surface area contributed by atoms with Crippen LogP contribution in [0.1, 0.15) is 45.3 Å². The van der Waals surface area contributed by atoms with E-state index < -0.39 is 0 Å².